The summed E-state index contributed by atoms with van der Waals surface area (Å²) in [5.41, 5.74) is 1.57. The summed E-state index contributed by atoms with van der Waals surface area (Å²) in [6, 6.07) is 0. The Labute approximate surface area is 54.4 Å². The van der Waals surface area contributed by atoms with Crippen molar-refractivity contribution in [1.29, 1.82) is 0 Å². The molecule has 1 heteroatoms. The number of halogens is 1. The smallest absolute Gasteiger partial charge is 0.107 e. The normalized spacial score (nSPS) is 19.1. The molecule has 0 aromatic heterocycles. The van der Waals surface area contributed by atoms with Gasteiger partial charge in [-0.2, -0.15) is 0 Å². The van der Waals surface area contributed by atoms with Gasteiger partial charge in [0.15, 0.2) is 0 Å². The van der Waals surface area contributed by atoms with Crippen molar-refractivity contribution < 1.29 is 4.39 Å². The monoisotopic (exact) mass is 124 g/mol. The highest BCUT2D eigenvalue weighted by Gasteiger charge is 2.04. The van der Waals surface area contributed by atoms with Crippen LogP contribution in [0.3, 0.4) is 0 Å². The Morgan fingerprint density at radius 3 is 2.67 bits per heavy atom. The van der Waals surface area contributed by atoms with Gasteiger partial charge >= 0.3 is 0 Å². The molecule has 0 aromatic carbocycles. The number of allylic oxidation sites excluding steroid dienone is 5. The lowest BCUT2D eigenvalue weighted by molar-refractivity contribution is 0.601. The van der Waals surface area contributed by atoms with E-state index in [-0.39, 0.29) is 5.83 Å². The molecule has 0 unspecified atom stereocenters. The van der Waals surface area contributed by atoms with Crippen LogP contribution in [0.1, 0.15) is 13.3 Å². The molecule has 0 saturated carbocycles. The first kappa shape index (κ1) is 6.27. The topological polar surface area (TPSA) is 0 Å². The van der Waals surface area contributed by atoms with Gasteiger partial charge in [-0.05, 0) is 18.1 Å². The molecule has 9 heavy (non-hydrogen) atoms. The van der Waals surface area contributed by atoms with Gasteiger partial charge in [-0.1, -0.05) is 18.7 Å². The van der Waals surface area contributed by atoms with Crippen molar-refractivity contribution in [2.75, 3.05) is 0 Å². The molecular weight excluding hydrogens is 115 g/mol. The first-order chi connectivity index (χ1) is 4.20. The van der Waals surface area contributed by atoms with E-state index in [2.05, 4.69) is 6.58 Å². The van der Waals surface area contributed by atoms with Crippen LogP contribution in [-0.4, -0.2) is 0 Å². The first-order valence-electron chi connectivity index (χ1n) is 2.91. The molecule has 1 aliphatic rings. The fourth-order valence-electron chi connectivity index (χ4n) is 0.731. The highest BCUT2D eigenvalue weighted by molar-refractivity contribution is 5.35. The Kier molecular flexibility index (Phi) is 1.52. The molecule has 0 bridgehead atoms. The Morgan fingerprint density at radius 2 is 2.22 bits per heavy atom. The van der Waals surface area contributed by atoms with Crippen molar-refractivity contribution in [3.05, 3.63) is 35.7 Å². The van der Waals surface area contributed by atoms with Crippen LogP contribution in [0.15, 0.2) is 35.7 Å². The number of rotatable bonds is 0. The Bertz CT molecular complexity index is 197. The van der Waals surface area contributed by atoms with Crippen molar-refractivity contribution >= 4 is 0 Å². The molecule has 0 heterocycles. The molecular formula is C8H9F. The zero-order valence-electron chi connectivity index (χ0n) is 5.45. The molecule has 0 amide bonds. The molecule has 48 valence electrons. The largest absolute Gasteiger partial charge is 0.211 e. The minimum Gasteiger partial charge on any atom is -0.211 e. The maximum Gasteiger partial charge on any atom is 0.107 e. The van der Waals surface area contributed by atoms with Crippen LogP contribution in [0.5, 0.6) is 0 Å². The van der Waals surface area contributed by atoms with Crippen LogP contribution in [0.2, 0.25) is 0 Å². The summed E-state index contributed by atoms with van der Waals surface area (Å²) in [6.07, 6.45) is 3.99. The molecule has 0 saturated heterocycles. The van der Waals surface area contributed by atoms with Crippen molar-refractivity contribution in [2.24, 2.45) is 0 Å². The van der Waals surface area contributed by atoms with E-state index in [1.54, 1.807) is 13.0 Å². The fraction of sp³-hybridized carbons (Fsp3) is 0.250. The highest BCUT2D eigenvalue weighted by Crippen LogP contribution is 2.21. The lowest BCUT2D eigenvalue weighted by Gasteiger charge is -2.05. The molecule has 0 aliphatic heterocycles. The molecule has 0 aromatic rings. The van der Waals surface area contributed by atoms with E-state index in [1.807, 2.05) is 6.08 Å². The van der Waals surface area contributed by atoms with Gasteiger partial charge in [-0.3, -0.25) is 0 Å². The van der Waals surface area contributed by atoms with Crippen molar-refractivity contribution in [3.8, 4) is 0 Å². The standard InChI is InChI=1S/C8H9F/c1-6-3-4-7(2)8(9)5-6/h3-4H,1,5H2,2H3. The van der Waals surface area contributed by atoms with E-state index in [0.29, 0.717) is 6.42 Å². The summed E-state index contributed by atoms with van der Waals surface area (Å²) >= 11 is 0. The van der Waals surface area contributed by atoms with E-state index in [9.17, 15) is 4.39 Å². The fourth-order valence-corrected chi connectivity index (χ4v) is 0.731. The average molecular weight is 124 g/mol. The van der Waals surface area contributed by atoms with Gasteiger partial charge in [0.2, 0.25) is 0 Å². The van der Waals surface area contributed by atoms with E-state index in [4.69, 9.17) is 0 Å². The third-order valence-electron chi connectivity index (χ3n) is 1.38. The molecule has 0 N–H and O–H groups in total. The third kappa shape index (κ3) is 1.28. The number of hydrogen-bond donors (Lipinski definition) is 0. The third-order valence-corrected chi connectivity index (χ3v) is 1.38. The van der Waals surface area contributed by atoms with Gasteiger partial charge in [-0.15, -0.1) is 0 Å². The van der Waals surface area contributed by atoms with Crippen LogP contribution in [-0.2, 0) is 0 Å². The lowest BCUT2D eigenvalue weighted by atomic mass is 10.0. The van der Waals surface area contributed by atoms with E-state index in [0.717, 1.165) is 11.1 Å². The summed E-state index contributed by atoms with van der Waals surface area (Å²) in [7, 11) is 0. The van der Waals surface area contributed by atoms with Crippen molar-refractivity contribution in [2.45, 2.75) is 13.3 Å². The molecule has 0 fully saturated rings. The molecule has 0 atom stereocenters. The first-order valence-corrected chi connectivity index (χ1v) is 2.91. The van der Waals surface area contributed by atoms with Gasteiger partial charge in [0, 0.05) is 6.42 Å². The molecule has 0 spiro atoms. The van der Waals surface area contributed by atoms with Gasteiger partial charge in [0.25, 0.3) is 0 Å². The second kappa shape index (κ2) is 2.18. The summed E-state index contributed by atoms with van der Waals surface area (Å²) in [5, 5.41) is 0. The van der Waals surface area contributed by atoms with E-state index >= 15 is 0 Å². The zero-order valence-corrected chi connectivity index (χ0v) is 5.45. The SMILES string of the molecule is C=C1C=CC(C)=C(F)C1. The Balaban J connectivity index is 2.87. The predicted molar refractivity (Wildman–Crippen MR) is 36.7 cm³/mol. The summed E-state index contributed by atoms with van der Waals surface area (Å²) in [6.45, 7) is 5.40. The van der Waals surface area contributed by atoms with Crippen LogP contribution < -0.4 is 0 Å². The molecule has 1 rings (SSSR count). The second-order valence-electron chi connectivity index (χ2n) is 2.26. The van der Waals surface area contributed by atoms with Crippen molar-refractivity contribution in [3.63, 3.8) is 0 Å². The summed E-state index contributed by atoms with van der Waals surface area (Å²) in [4.78, 5) is 0. The zero-order chi connectivity index (χ0) is 6.85. The maximum atomic E-state index is 12.6. The van der Waals surface area contributed by atoms with E-state index < -0.39 is 0 Å². The minimum atomic E-state index is -0.0532. The predicted octanol–water partition coefficient (Wildman–Crippen LogP) is 2.75. The average Bonchev–Trinajstić information content (AvgIpc) is 1.80. The van der Waals surface area contributed by atoms with Gasteiger partial charge in [0.1, 0.15) is 5.83 Å². The van der Waals surface area contributed by atoms with Crippen LogP contribution in [0.4, 0.5) is 4.39 Å². The summed E-state index contributed by atoms with van der Waals surface area (Å²) in [5.74, 6) is -0.0532. The number of hydrogen-bond acceptors (Lipinski definition) is 0. The van der Waals surface area contributed by atoms with Gasteiger partial charge in [-0.25, -0.2) is 4.39 Å². The molecule has 1 aliphatic carbocycles. The Hall–Kier alpha value is -0.850. The van der Waals surface area contributed by atoms with E-state index in [1.165, 1.54) is 0 Å². The maximum absolute atomic E-state index is 12.6. The summed E-state index contributed by atoms with van der Waals surface area (Å²) < 4.78 is 12.6. The molecule has 0 nitrogen and oxygen atoms in total. The second-order valence-corrected chi connectivity index (χ2v) is 2.26. The highest BCUT2D eigenvalue weighted by atomic mass is 19.1. The van der Waals surface area contributed by atoms with Gasteiger partial charge < -0.3 is 0 Å². The van der Waals surface area contributed by atoms with Crippen molar-refractivity contribution in [1.82, 2.24) is 0 Å². The quantitative estimate of drug-likeness (QED) is 0.465. The van der Waals surface area contributed by atoms with Crippen LogP contribution in [0, 0.1) is 0 Å². The van der Waals surface area contributed by atoms with Crippen LogP contribution >= 0.6 is 0 Å². The minimum absolute atomic E-state index is 0.0532. The Morgan fingerprint density at radius 1 is 1.56 bits per heavy atom. The van der Waals surface area contributed by atoms with Crippen LogP contribution in [0.25, 0.3) is 0 Å². The lowest BCUT2D eigenvalue weighted by Crippen LogP contribution is -1.87. The van der Waals surface area contributed by atoms with Gasteiger partial charge in [0.05, 0.1) is 0 Å². The molecule has 0 radical (unpaired) electrons.